The summed E-state index contributed by atoms with van der Waals surface area (Å²) < 4.78 is 11.0. The fourth-order valence-corrected chi connectivity index (χ4v) is 4.52. The third kappa shape index (κ3) is 3.34. The predicted molar refractivity (Wildman–Crippen MR) is 117 cm³/mol. The molecule has 3 aliphatic heterocycles. The molecule has 0 aliphatic carbocycles. The molecule has 0 aromatic heterocycles. The monoisotopic (exact) mass is 432 g/mol. The highest BCUT2D eigenvalue weighted by atomic mass is 16.7. The molecule has 0 spiro atoms. The second kappa shape index (κ2) is 7.82. The van der Waals surface area contributed by atoms with Gasteiger partial charge in [0.2, 0.25) is 6.79 Å². The number of amides is 2. The summed E-state index contributed by atoms with van der Waals surface area (Å²) in [6.45, 7) is 4.80. The zero-order valence-corrected chi connectivity index (χ0v) is 18.0. The van der Waals surface area contributed by atoms with E-state index in [9.17, 15) is 14.4 Å². The molecule has 0 bridgehead atoms. The first-order chi connectivity index (χ1) is 15.4. The number of benzene rings is 2. The van der Waals surface area contributed by atoms with Gasteiger partial charge in [0, 0.05) is 23.9 Å². The molecule has 32 heavy (non-hydrogen) atoms. The summed E-state index contributed by atoms with van der Waals surface area (Å²) in [5, 5.41) is 3.29. The lowest BCUT2D eigenvalue weighted by Gasteiger charge is -2.27. The molecule has 0 unspecified atom stereocenters. The van der Waals surface area contributed by atoms with Crippen LogP contribution in [0.4, 0.5) is 0 Å². The largest absolute Gasteiger partial charge is 0.454 e. The van der Waals surface area contributed by atoms with Crippen molar-refractivity contribution in [2.24, 2.45) is 5.92 Å². The summed E-state index contributed by atoms with van der Waals surface area (Å²) >= 11 is 0. The maximum absolute atomic E-state index is 13.5. The summed E-state index contributed by atoms with van der Waals surface area (Å²) in [6, 6.07) is 9.67. The third-order valence-electron chi connectivity index (χ3n) is 6.05. The van der Waals surface area contributed by atoms with Crippen LogP contribution < -0.4 is 14.8 Å². The highest BCUT2D eigenvalue weighted by molar-refractivity contribution is 6.23. The van der Waals surface area contributed by atoms with Gasteiger partial charge in [-0.25, -0.2) is 0 Å². The van der Waals surface area contributed by atoms with Gasteiger partial charge < -0.3 is 14.8 Å². The van der Waals surface area contributed by atoms with Crippen molar-refractivity contribution in [1.29, 1.82) is 0 Å². The van der Waals surface area contributed by atoms with E-state index in [0.717, 1.165) is 22.4 Å². The van der Waals surface area contributed by atoms with E-state index in [2.05, 4.69) is 5.32 Å². The van der Waals surface area contributed by atoms with Crippen molar-refractivity contribution in [3.05, 3.63) is 64.7 Å². The van der Waals surface area contributed by atoms with Crippen molar-refractivity contribution in [3.63, 3.8) is 0 Å². The maximum atomic E-state index is 13.5. The van der Waals surface area contributed by atoms with Gasteiger partial charge >= 0.3 is 0 Å². The number of ether oxygens (including phenoxy) is 2. The number of carbonyl (C=O) groups excluding carboxylic acids is 3. The van der Waals surface area contributed by atoms with Crippen molar-refractivity contribution in [2.75, 3.05) is 13.3 Å². The van der Waals surface area contributed by atoms with E-state index in [1.54, 1.807) is 24.3 Å². The number of nitrogens with one attached hydrogen (secondary N) is 1. The minimum absolute atomic E-state index is 0.118. The number of rotatable bonds is 5. The van der Waals surface area contributed by atoms with Gasteiger partial charge in [-0.15, -0.1) is 0 Å². The van der Waals surface area contributed by atoms with E-state index in [4.69, 9.17) is 9.47 Å². The van der Waals surface area contributed by atoms with Gasteiger partial charge in [-0.2, -0.15) is 0 Å². The maximum Gasteiger partial charge on any atom is 0.262 e. The van der Waals surface area contributed by atoms with Crippen molar-refractivity contribution in [2.45, 2.75) is 32.7 Å². The normalized spacial score (nSPS) is 18.6. The third-order valence-corrected chi connectivity index (χ3v) is 6.05. The number of imide groups is 1. The highest BCUT2D eigenvalue weighted by Gasteiger charge is 2.42. The van der Waals surface area contributed by atoms with E-state index in [1.807, 2.05) is 26.0 Å². The van der Waals surface area contributed by atoms with E-state index < -0.39 is 17.9 Å². The molecule has 2 aromatic rings. The minimum atomic E-state index is -0.865. The van der Waals surface area contributed by atoms with Crippen LogP contribution >= 0.6 is 0 Å². The fraction of sp³-hybridized carbons (Fsp3) is 0.320. The van der Waals surface area contributed by atoms with Crippen molar-refractivity contribution < 1.29 is 23.9 Å². The molecule has 7 heteroatoms. The first-order valence-corrected chi connectivity index (χ1v) is 10.8. The number of carbonyl (C=O) groups is 3. The first kappa shape index (κ1) is 20.3. The van der Waals surface area contributed by atoms with Crippen LogP contribution in [0.2, 0.25) is 0 Å². The lowest BCUT2D eigenvalue weighted by molar-refractivity contribution is -0.118. The smallest absolute Gasteiger partial charge is 0.262 e. The molecule has 1 N–H and O–H groups in total. The van der Waals surface area contributed by atoms with Gasteiger partial charge in [-0.05, 0) is 48.6 Å². The van der Waals surface area contributed by atoms with Gasteiger partial charge in [0.1, 0.15) is 6.04 Å². The number of hydrogen-bond donors (Lipinski definition) is 1. The van der Waals surface area contributed by atoms with Crippen LogP contribution in [0.1, 0.15) is 52.1 Å². The van der Waals surface area contributed by atoms with Gasteiger partial charge in [-0.1, -0.05) is 26.0 Å². The second-order valence-electron chi connectivity index (χ2n) is 8.67. The van der Waals surface area contributed by atoms with Crippen LogP contribution in [-0.4, -0.2) is 41.9 Å². The number of hydrogen-bond acceptors (Lipinski definition) is 6. The molecule has 0 saturated carbocycles. The first-order valence-electron chi connectivity index (χ1n) is 10.8. The summed E-state index contributed by atoms with van der Waals surface area (Å²) in [7, 11) is 0. The summed E-state index contributed by atoms with van der Waals surface area (Å²) in [5.74, 6) is 0.366. The molecular weight excluding hydrogens is 408 g/mol. The molecule has 7 nitrogen and oxygen atoms in total. The van der Waals surface area contributed by atoms with Crippen LogP contribution in [0, 0.1) is 5.92 Å². The Morgan fingerprint density at radius 3 is 2.38 bits per heavy atom. The van der Waals surface area contributed by atoms with E-state index in [-0.39, 0.29) is 18.5 Å². The lowest BCUT2D eigenvalue weighted by atomic mass is 9.93. The van der Waals surface area contributed by atoms with E-state index in [1.165, 1.54) is 6.08 Å². The zero-order valence-electron chi connectivity index (χ0n) is 18.0. The molecule has 3 aliphatic rings. The Morgan fingerprint density at radius 2 is 1.72 bits per heavy atom. The lowest BCUT2D eigenvalue weighted by Crippen LogP contribution is -2.45. The molecule has 3 heterocycles. The summed E-state index contributed by atoms with van der Waals surface area (Å²) in [4.78, 5) is 40.7. The van der Waals surface area contributed by atoms with Crippen molar-refractivity contribution in [3.8, 4) is 11.5 Å². The number of ketones is 1. The Morgan fingerprint density at radius 1 is 1.06 bits per heavy atom. The zero-order chi connectivity index (χ0) is 22.4. The van der Waals surface area contributed by atoms with Crippen LogP contribution in [-0.2, 0) is 11.2 Å². The van der Waals surface area contributed by atoms with Gasteiger partial charge in [0.25, 0.3) is 11.8 Å². The Balaban J connectivity index is 1.50. The summed E-state index contributed by atoms with van der Waals surface area (Å²) in [5.41, 5.74) is 3.30. The molecule has 0 fully saturated rings. The van der Waals surface area contributed by atoms with Crippen molar-refractivity contribution in [1.82, 2.24) is 10.2 Å². The van der Waals surface area contributed by atoms with Crippen LogP contribution in [0.5, 0.6) is 11.5 Å². The quantitative estimate of drug-likeness (QED) is 0.577. The van der Waals surface area contributed by atoms with E-state index in [0.29, 0.717) is 41.3 Å². The topological polar surface area (TPSA) is 84.9 Å². The molecule has 5 rings (SSSR count). The summed E-state index contributed by atoms with van der Waals surface area (Å²) in [6.07, 6.45) is 2.71. The Kier molecular flexibility index (Phi) is 4.96. The van der Waals surface area contributed by atoms with Crippen LogP contribution in [0.25, 0.3) is 5.70 Å². The molecule has 164 valence electrons. The second-order valence-corrected chi connectivity index (χ2v) is 8.67. The van der Waals surface area contributed by atoms with Gasteiger partial charge in [0.15, 0.2) is 17.3 Å². The van der Waals surface area contributed by atoms with Crippen molar-refractivity contribution >= 4 is 23.3 Å². The number of fused-ring (bicyclic) bond motifs is 3. The average molecular weight is 432 g/mol. The predicted octanol–water partition coefficient (Wildman–Crippen LogP) is 3.18. The molecular formula is C25H24N2O5. The Labute approximate surface area is 186 Å². The molecule has 2 aromatic carbocycles. The SMILES string of the molecule is CC(C)C[C@@H](C(=O)/C=C1\NCCc2cc3c(cc21)OCO3)N1C(=O)c2ccccc2C1=O. The Hall–Kier alpha value is -3.61. The molecule has 1 atom stereocenters. The molecule has 0 radical (unpaired) electrons. The average Bonchev–Trinajstić information content (AvgIpc) is 3.33. The minimum Gasteiger partial charge on any atom is -0.454 e. The number of nitrogens with zero attached hydrogens (tertiary/aromatic N) is 1. The Bertz CT molecular complexity index is 1130. The van der Waals surface area contributed by atoms with Gasteiger partial charge in [0.05, 0.1) is 11.1 Å². The highest BCUT2D eigenvalue weighted by Crippen LogP contribution is 2.38. The van der Waals surface area contributed by atoms with Crippen LogP contribution in [0.3, 0.4) is 0 Å². The van der Waals surface area contributed by atoms with E-state index >= 15 is 0 Å². The molecule has 2 amide bonds. The molecule has 0 saturated heterocycles. The van der Waals surface area contributed by atoms with Crippen LogP contribution in [0.15, 0.2) is 42.5 Å². The standard InChI is InChI=1S/C25H24N2O5/c1-14(2)9-20(27-24(29)16-5-3-4-6-17(16)25(27)30)21(28)12-19-18-11-23-22(31-13-32-23)10-15(18)7-8-26-19/h3-6,10-12,14,20,26H,7-9,13H2,1-2H3/b19-12-/t20-/m0/s1. The fourth-order valence-electron chi connectivity index (χ4n) is 4.52. The van der Waals surface area contributed by atoms with Gasteiger partial charge in [-0.3, -0.25) is 19.3 Å².